The quantitative estimate of drug-likeness (QED) is 0.367. The first-order chi connectivity index (χ1) is 15.3. The third kappa shape index (κ3) is 5.09. The Bertz CT molecular complexity index is 1070. The van der Waals surface area contributed by atoms with Crippen molar-refractivity contribution in [3.8, 4) is 11.6 Å². The highest BCUT2D eigenvalue weighted by atomic mass is 19.1. The molecule has 0 saturated carbocycles. The molecule has 0 bridgehead atoms. The van der Waals surface area contributed by atoms with Gasteiger partial charge < -0.3 is 26.8 Å². The van der Waals surface area contributed by atoms with E-state index in [-0.39, 0.29) is 35.2 Å². The fourth-order valence-electron chi connectivity index (χ4n) is 3.11. The van der Waals surface area contributed by atoms with Crippen LogP contribution in [0.2, 0.25) is 0 Å². The van der Waals surface area contributed by atoms with E-state index in [1.54, 1.807) is 6.07 Å². The Labute approximate surface area is 184 Å². The number of methoxy groups -OCH3 is 1. The van der Waals surface area contributed by atoms with Crippen LogP contribution in [-0.2, 0) is 0 Å². The Hall–Kier alpha value is -3.80. The highest BCUT2D eigenvalue weighted by molar-refractivity contribution is 5.98. The van der Waals surface area contributed by atoms with Crippen LogP contribution in [0.15, 0.2) is 30.7 Å². The summed E-state index contributed by atoms with van der Waals surface area (Å²) in [7, 11) is 1.47. The van der Waals surface area contributed by atoms with Crippen molar-refractivity contribution in [2.24, 2.45) is 11.5 Å². The van der Waals surface area contributed by atoms with Gasteiger partial charge in [0.25, 0.3) is 5.91 Å². The molecule has 3 aromatic heterocycles. The van der Waals surface area contributed by atoms with E-state index in [0.29, 0.717) is 11.4 Å². The number of amides is 1. The van der Waals surface area contributed by atoms with E-state index in [4.69, 9.17) is 16.2 Å². The number of anilines is 3. The van der Waals surface area contributed by atoms with Crippen LogP contribution in [0.25, 0.3) is 5.69 Å². The zero-order chi connectivity index (χ0) is 23.3. The summed E-state index contributed by atoms with van der Waals surface area (Å²) in [5.74, 6) is -1.23. The van der Waals surface area contributed by atoms with E-state index in [0.717, 1.165) is 18.9 Å². The number of carbonyl (C=O) groups excluding carboxylic acids is 1. The average molecular weight is 443 g/mol. The van der Waals surface area contributed by atoms with Gasteiger partial charge in [0, 0.05) is 12.1 Å². The number of nitrogens with two attached hydrogens (primary N) is 2. The van der Waals surface area contributed by atoms with Gasteiger partial charge in [-0.2, -0.15) is 10.2 Å². The molecule has 0 spiro atoms. The van der Waals surface area contributed by atoms with Crippen LogP contribution in [0.4, 0.5) is 21.7 Å². The average Bonchev–Trinajstić information content (AvgIpc) is 3.29. The third-order valence-corrected chi connectivity index (χ3v) is 4.72. The largest absolute Gasteiger partial charge is 0.479 e. The van der Waals surface area contributed by atoms with Crippen molar-refractivity contribution in [3.05, 3.63) is 42.1 Å². The molecule has 12 heteroatoms. The minimum Gasteiger partial charge on any atom is -0.479 e. The lowest BCUT2D eigenvalue weighted by molar-refractivity contribution is 0.100. The van der Waals surface area contributed by atoms with E-state index >= 15 is 0 Å². The van der Waals surface area contributed by atoms with Gasteiger partial charge in [-0.3, -0.25) is 4.79 Å². The van der Waals surface area contributed by atoms with Crippen LogP contribution in [0.5, 0.6) is 5.88 Å². The number of rotatable bonds is 10. The number of primary amides is 1. The van der Waals surface area contributed by atoms with Crippen molar-refractivity contribution >= 4 is 23.2 Å². The molecular formula is C20H26FN9O2. The van der Waals surface area contributed by atoms with Gasteiger partial charge in [-0.15, -0.1) is 4.80 Å². The lowest BCUT2D eigenvalue weighted by Crippen LogP contribution is -2.38. The maximum absolute atomic E-state index is 14.7. The number of nitrogens with one attached hydrogen (secondary N) is 2. The molecule has 32 heavy (non-hydrogen) atoms. The lowest BCUT2D eigenvalue weighted by Gasteiger charge is -2.23. The molecule has 170 valence electrons. The van der Waals surface area contributed by atoms with Gasteiger partial charge in [-0.1, -0.05) is 13.3 Å². The van der Waals surface area contributed by atoms with Crippen LogP contribution in [0, 0.1) is 5.82 Å². The molecule has 0 radical (unpaired) electrons. The van der Waals surface area contributed by atoms with Gasteiger partial charge >= 0.3 is 0 Å². The molecule has 3 heterocycles. The summed E-state index contributed by atoms with van der Waals surface area (Å²) in [6, 6.07) is 2.25. The summed E-state index contributed by atoms with van der Waals surface area (Å²) < 4.78 is 20.0. The predicted molar refractivity (Wildman–Crippen MR) is 118 cm³/mol. The van der Waals surface area contributed by atoms with Crippen molar-refractivity contribution < 1.29 is 13.9 Å². The second-order valence-electron chi connectivity index (χ2n) is 7.17. The number of halogens is 1. The topological polar surface area (TPSA) is 159 Å². The van der Waals surface area contributed by atoms with Gasteiger partial charge in [-0.05, 0) is 25.5 Å². The summed E-state index contributed by atoms with van der Waals surface area (Å²) >= 11 is 0. The molecule has 11 nitrogen and oxygen atoms in total. The fourth-order valence-corrected chi connectivity index (χ4v) is 3.11. The number of carbonyl (C=O) groups is 1. The second kappa shape index (κ2) is 10.0. The SMILES string of the molecule is CCCC(Nc1nc(Nc2cnc(OC)c(-n3nccn3)c2)c(C(N)=O)cc1F)C(C)N. The van der Waals surface area contributed by atoms with Crippen LogP contribution >= 0.6 is 0 Å². The van der Waals surface area contributed by atoms with Crippen molar-refractivity contribution in [3.63, 3.8) is 0 Å². The van der Waals surface area contributed by atoms with Gasteiger partial charge in [0.15, 0.2) is 11.6 Å². The van der Waals surface area contributed by atoms with Crippen LogP contribution < -0.4 is 26.8 Å². The Morgan fingerprint density at radius 1 is 1.28 bits per heavy atom. The normalized spacial score (nSPS) is 12.8. The molecular weight excluding hydrogens is 417 g/mol. The predicted octanol–water partition coefficient (Wildman–Crippen LogP) is 1.98. The van der Waals surface area contributed by atoms with Crippen LogP contribution in [-0.4, -0.2) is 50.1 Å². The highest BCUT2D eigenvalue weighted by Gasteiger charge is 2.20. The zero-order valence-electron chi connectivity index (χ0n) is 18.0. The zero-order valence-corrected chi connectivity index (χ0v) is 18.0. The summed E-state index contributed by atoms with van der Waals surface area (Å²) in [5, 5.41) is 14.2. The molecule has 2 unspecified atom stereocenters. The minimum atomic E-state index is -0.835. The number of aromatic nitrogens is 5. The number of nitrogens with zero attached hydrogens (tertiary/aromatic N) is 5. The van der Waals surface area contributed by atoms with Crippen LogP contribution in [0.3, 0.4) is 0 Å². The number of pyridine rings is 2. The van der Waals surface area contributed by atoms with E-state index < -0.39 is 11.7 Å². The second-order valence-corrected chi connectivity index (χ2v) is 7.17. The van der Waals surface area contributed by atoms with Gasteiger partial charge in [0.05, 0.1) is 37.0 Å². The summed E-state index contributed by atoms with van der Waals surface area (Å²) in [4.78, 5) is 21.8. The van der Waals surface area contributed by atoms with E-state index in [9.17, 15) is 9.18 Å². The first-order valence-corrected chi connectivity index (χ1v) is 10.0. The van der Waals surface area contributed by atoms with Crippen LogP contribution in [0.1, 0.15) is 37.0 Å². The summed E-state index contributed by atoms with van der Waals surface area (Å²) in [5.41, 5.74) is 12.2. The monoisotopic (exact) mass is 443 g/mol. The molecule has 0 fully saturated rings. The van der Waals surface area contributed by atoms with Gasteiger partial charge in [-0.25, -0.2) is 14.4 Å². The Morgan fingerprint density at radius 3 is 2.59 bits per heavy atom. The molecule has 0 aliphatic heterocycles. The lowest BCUT2D eigenvalue weighted by atomic mass is 10.1. The van der Waals surface area contributed by atoms with Crippen molar-refractivity contribution in [1.29, 1.82) is 0 Å². The maximum Gasteiger partial charge on any atom is 0.252 e. The first kappa shape index (κ1) is 22.9. The van der Waals surface area contributed by atoms with Crippen molar-refractivity contribution in [1.82, 2.24) is 25.0 Å². The van der Waals surface area contributed by atoms with Gasteiger partial charge in [0.2, 0.25) is 5.88 Å². The van der Waals surface area contributed by atoms with Gasteiger partial charge in [0.1, 0.15) is 11.5 Å². The number of hydrogen-bond acceptors (Lipinski definition) is 9. The molecule has 0 aliphatic rings. The third-order valence-electron chi connectivity index (χ3n) is 4.72. The highest BCUT2D eigenvalue weighted by Crippen LogP contribution is 2.27. The van der Waals surface area contributed by atoms with E-state index in [1.807, 2.05) is 13.8 Å². The summed E-state index contributed by atoms with van der Waals surface area (Å²) in [6.45, 7) is 3.84. The van der Waals surface area contributed by atoms with E-state index in [2.05, 4.69) is 30.8 Å². The molecule has 0 aromatic carbocycles. The fraction of sp³-hybridized carbons (Fsp3) is 0.350. The number of ether oxygens (including phenoxy) is 1. The molecule has 6 N–H and O–H groups in total. The standard InChI is InChI=1S/C20H26FN9O2/c1-4-5-15(11(2)22)28-19-14(21)9-13(17(23)31)18(29-19)27-12-8-16(20(32-3)24-10-12)30-25-6-7-26-30/h6-11,15H,4-5,22H2,1-3H3,(H2,23,31)(H2,27,28,29). The molecule has 3 aromatic rings. The first-order valence-electron chi connectivity index (χ1n) is 10.0. The van der Waals surface area contributed by atoms with Crippen molar-refractivity contribution in [2.75, 3.05) is 17.7 Å². The molecule has 1 amide bonds. The molecule has 0 saturated heterocycles. The Kier molecular flexibility index (Phi) is 7.15. The Balaban J connectivity index is 1.99. The number of hydrogen-bond donors (Lipinski definition) is 4. The summed E-state index contributed by atoms with van der Waals surface area (Å²) in [6.07, 6.45) is 6.07. The van der Waals surface area contributed by atoms with E-state index in [1.165, 1.54) is 30.5 Å². The smallest absolute Gasteiger partial charge is 0.252 e. The van der Waals surface area contributed by atoms with Crippen molar-refractivity contribution in [2.45, 2.75) is 38.8 Å². The Morgan fingerprint density at radius 2 is 2.00 bits per heavy atom. The molecule has 3 rings (SSSR count). The molecule has 2 atom stereocenters. The minimum absolute atomic E-state index is 0.0383. The maximum atomic E-state index is 14.7. The molecule has 0 aliphatic carbocycles.